The van der Waals surface area contributed by atoms with Crippen molar-refractivity contribution in [1.82, 2.24) is 4.90 Å². The number of pyridine rings is 1. The maximum absolute atomic E-state index is 12.6. The topological polar surface area (TPSA) is 62.9 Å². The number of carbonyl (C=O) groups is 1. The number of ether oxygens (including phenoxy) is 2. The van der Waals surface area contributed by atoms with Gasteiger partial charge in [-0.3, -0.25) is 4.90 Å². The molecule has 0 spiro atoms. The van der Waals surface area contributed by atoms with Crippen molar-refractivity contribution in [1.29, 1.82) is 0 Å². The molecule has 1 N–H and O–H groups in total. The zero-order chi connectivity index (χ0) is 26.8. The van der Waals surface area contributed by atoms with Gasteiger partial charge in [-0.05, 0) is 18.6 Å². The van der Waals surface area contributed by atoms with Crippen molar-refractivity contribution in [3.8, 4) is 5.75 Å². The number of phenols is 1. The molecule has 6 nitrogen and oxygen atoms in total. The number of aromatic nitrogens is 1. The van der Waals surface area contributed by atoms with Gasteiger partial charge in [-0.2, -0.15) is 4.57 Å². The zero-order valence-corrected chi connectivity index (χ0v) is 25.8. The van der Waals surface area contributed by atoms with Gasteiger partial charge in [-0.1, -0.05) is 96.5 Å². The molecule has 0 radical (unpaired) electrons. The van der Waals surface area contributed by atoms with E-state index < -0.39 is 0 Å². The summed E-state index contributed by atoms with van der Waals surface area (Å²) in [7, 11) is 0. The molecule has 1 aromatic carbocycles. The van der Waals surface area contributed by atoms with E-state index in [0.717, 1.165) is 50.1 Å². The summed E-state index contributed by atoms with van der Waals surface area (Å²) in [4.78, 5) is 14.8. The highest BCUT2D eigenvalue weighted by Gasteiger charge is 2.21. The summed E-state index contributed by atoms with van der Waals surface area (Å²) in [5.74, 6) is -0.00968. The molecule has 39 heavy (non-hydrogen) atoms. The number of morpholine rings is 1. The molecule has 1 saturated heterocycles. The zero-order valence-electron chi connectivity index (χ0n) is 24.2. The molecule has 0 unspecified atom stereocenters. The predicted molar refractivity (Wildman–Crippen MR) is 153 cm³/mol. The third-order valence-electron chi connectivity index (χ3n) is 7.65. The van der Waals surface area contributed by atoms with Crippen molar-refractivity contribution >= 4 is 16.9 Å². The van der Waals surface area contributed by atoms with Crippen molar-refractivity contribution in [2.45, 2.75) is 110 Å². The van der Waals surface area contributed by atoms with Gasteiger partial charge in [0.2, 0.25) is 6.54 Å². The van der Waals surface area contributed by atoms with Crippen molar-refractivity contribution in [2.24, 2.45) is 0 Å². The van der Waals surface area contributed by atoms with Gasteiger partial charge in [0, 0.05) is 31.3 Å². The maximum atomic E-state index is 12.6. The summed E-state index contributed by atoms with van der Waals surface area (Å²) in [5.41, 5.74) is 1.56. The fraction of sp³-hybridized carbons (Fsp3) is 0.688. The van der Waals surface area contributed by atoms with E-state index in [1.165, 1.54) is 77.0 Å². The number of hydrogen-bond acceptors (Lipinski definition) is 5. The molecule has 2 aromatic rings. The molecule has 0 atom stereocenters. The van der Waals surface area contributed by atoms with Crippen LogP contribution in [0.25, 0.3) is 10.9 Å². The fourth-order valence-corrected chi connectivity index (χ4v) is 5.33. The molecule has 3 rings (SSSR count). The molecule has 1 aliphatic heterocycles. The second-order valence-corrected chi connectivity index (χ2v) is 10.9. The van der Waals surface area contributed by atoms with E-state index in [2.05, 4.69) is 11.8 Å². The number of aromatic hydroxyl groups is 1. The Labute approximate surface area is 246 Å². The molecular formula is C32H51BrN2O4. The number of fused-ring (bicyclic) bond motifs is 1. The number of halogens is 1. The first-order valence-electron chi connectivity index (χ1n) is 15.3. The lowest BCUT2D eigenvalue weighted by Crippen LogP contribution is -3.00. The van der Waals surface area contributed by atoms with Crippen LogP contribution in [0.15, 0.2) is 30.5 Å². The molecular weight excluding hydrogens is 556 g/mol. The largest absolute Gasteiger partial charge is 1.00 e. The van der Waals surface area contributed by atoms with Gasteiger partial charge in [0.1, 0.15) is 0 Å². The van der Waals surface area contributed by atoms with Crippen LogP contribution in [-0.4, -0.2) is 48.9 Å². The number of hydrogen-bond donors (Lipinski definition) is 1. The summed E-state index contributed by atoms with van der Waals surface area (Å²) in [6.45, 7) is 6.67. The van der Waals surface area contributed by atoms with E-state index in [1.807, 2.05) is 30.5 Å². The number of unbranched alkanes of at least 4 members (excludes halogenated alkanes) is 13. The maximum Gasteiger partial charge on any atom is 0.372 e. The van der Waals surface area contributed by atoms with Crippen LogP contribution in [-0.2, 0) is 27.4 Å². The third kappa shape index (κ3) is 12.6. The first-order chi connectivity index (χ1) is 18.7. The van der Waals surface area contributed by atoms with Crippen molar-refractivity contribution in [3.63, 3.8) is 0 Å². The highest BCUT2D eigenvalue weighted by Crippen LogP contribution is 2.27. The Bertz CT molecular complexity index is 949. The normalized spacial score (nSPS) is 13.9. The first kappa shape index (κ1) is 33.5. The molecule has 1 fully saturated rings. The van der Waals surface area contributed by atoms with Crippen LogP contribution in [0.2, 0.25) is 0 Å². The van der Waals surface area contributed by atoms with Gasteiger partial charge in [-0.15, -0.1) is 0 Å². The minimum atomic E-state index is -0.254. The molecule has 0 saturated carbocycles. The van der Waals surface area contributed by atoms with Crippen LogP contribution in [0.1, 0.15) is 102 Å². The average molecular weight is 608 g/mol. The van der Waals surface area contributed by atoms with Crippen LogP contribution in [0, 0.1) is 0 Å². The SMILES string of the molecule is CCCCCCCCCCCCCCCCOC(=O)C[n+]1cccc2ccc(CN3CCOCC3)c(O)c21.[Br-]. The van der Waals surface area contributed by atoms with Crippen LogP contribution >= 0.6 is 0 Å². The summed E-state index contributed by atoms with van der Waals surface area (Å²) in [5, 5.41) is 12.0. The van der Waals surface area contributed by atoms with Crippen LogP contribution in [0.4, 0.5) is 0 Å². The van der Waals surface area contributed by atoms with Gasteiger partial charge in [-0.25, -0.2) is 4.79 Å². The van der Waals surface area contributed by atoms with Crippen molar-refractivity contribution in [2.75, 3.05) is 32.9 Å². The Morgan fingerprint density at radius 1 is 0.897 bits per heavy atom. The van der Waals surface area contributed by atoms with Gasteiger partial charge < -0.3 is 31.6 Å². The molecule has 1 aliphatic rings. The second kappa shape index (κ2) is 20.2. The summed E-state index contributed by atoms with van der Waals surface area (Å²) >= 11 is 0. The molecule has 0 amide bonds. The molecule has 1 aromatic heterocycles. The van der Waals surface area contributed by atoms with Crippen molar-refractivity contribution in [3.05, 3.63) is 36.0 Å². The lowest BCUT2D eigenvalue weighted by atomic mass is 10.0. The van der Waals surface area contributed by atoms with Crippen LogP contribution in [0.5, 0.6) is 5.75 Å². The van der Waals surface area contributed by atoms with E-state index in [-0.39, 0.29) is 35.2 Å². The monoisotopic (exact) mass is 606 g/mol. The first-order valence-corrected chi connectivity index (χ1v) is 15.3. The number of nitrogens with zero attached hydrogens (tertiary/aromatic N) is 2. The lowest BCUT2D eigenvalue weighted by Gasteiger charge is -2.26. The van der Waals surface area contributed by atoms with Gasteiger partial charge in [0.25, 0.3) is 5.52 Å². The van der Waals surface area contributed by atoms with E-state index >= 15 is 0 Å². The highest BCUT2D eigenvalue weighted by atomic mass is 79.9. The summed E-state index contributed by atoms with van der Waals surface area (Å²) in [6.07, 6.45) is 20.2. The number of phenolic OH excluding ortho intramolecular Hbond substituents is 1. The number of carbonyl (C=O) groups excluding carboxylic acids is 1. The van der Waals surface area contributed by atoms with Gasteiger partial charge >= 0.3 is 5.97 Å². The Morgan fingerprint density at radius 3 is 2.10 bits per heavy atom. The highest BCUT2D eigenvalue weighted by molar-refractivity contribution is 5.83. The molecule has 2 heterocycles. The summed E-state index contributed by atoms with van der Waals surface area (Å²) in [6, 6.07) is 7.86. The molecule has 0 aliphatic carbocycles. The quantitative estimate of drug-likeness (QED) is 0.150. The predicted octanol–water partition coefficient (Wildman–Crippen LogP) is 3.69. The van der Waals surface area contributed by atoms with Gasteiger partial charge in [0.05, 0.1) is 25.2 Å². The number of benzene rings is 1. The molecule has 220 valence electrons. The Hall–Kier alpha value is -1.70. The molecule has 7 heteroatoms. The van der Waals surface area contributed by atoms with Gasteiger partial charge in [0.15, 0.2) is 11.9 Å². The van der Waals surface area contributed by atoms with E-state index in [0.29, 0.717) is 18.7 Å². The Morgan fingerprint density at radius 2 is 1.49 bits per heavy atom. The average Bonchev–Trinajstić information content (AvgIpc) is 2.93. The summed E-state index contributed by atoms with van der Waals surface area (Å²) < 4.78 is 12.8. The fourth-order valence-electron chi connectivity index (χ4n) is 5.33. The van der Waals surface area contributed by atoms with E-state index in [1.54, 1.807) is 4.57 Å². The number of esters is 1. The Kier molecular flexibility index (Phi) is 17.4. The van der Waals surface area contributed by atoms with Crippen LogP contribution < -0.4 is 21.5 Å². The van der Waals surface area contributed by atoms with E-state index in [9.17, 15) is 9.90 Å². The van der Waals surface area contributed by atoms with Crippen molar-refractivity contribution < 1.29 is 40.9 Å². The minimum absolute atomic E-state index is 0. The van der Waals surface area contributed by atoms with Crippen LogP contribution in [0.3, 0.4) is 0 Å². The Balaban J connectivity index is 0.00000533. The minimum Gasteiger partial charge on any atom is -1.00 e. The third-order valence-corrected chi connectivity index (χ3v) is 7.65. The lowest BCUT2D eigenvalue weighted by molar-refractivity contribution is -0.660. The number of rotatable bonds is 19. The molecule has 0 bridgehead atoms. The smallest absolute Gasteiger partial charge is 0.372 e. The second-order valence-electron chi connectivity index (χ2n) is 10.9. The van der Waals surface area contributed by atoms with E-state index in [4.69, 9.17) is 9.47 Å². The standard InChI is InChI=1S/C32H50N2O4.BrH/c1-2-3-4-5-6-7-8-9-10-11-12-13-14-15-23-38-30(35)27-34-20-16-17-28-18-19-29(32(36)31(28)34)26-33-21-24-37-25-22-33;/h16-20H,2-15,21-27H2,1H3;1H.